The molecule has 0 aliphatic heterocycles. The molecule has 3 aromatic carbocycles. The number of H-pyrrole nitrogens is 1. The largest absolute Gasteiger partial charge is 0.497 e. The minimum atomic E-state index is 0.647. The van der Waals surface area contributed by atoms with Crippen LogP contribution >= 0.6 is 0 Å². The van der Waals surface area contributed by atoms with Crippen molar-refractivity contribution in [3.05, 3.63) is 66.7 Å². The van der Waals surface area contributed by atoms with Crippen molar-refractivity contribution in [2.24, 2.45) is 0 Å². The van der Waals surface area contributed by atoms with Crippen molar-refractivity contribution in [1.82, 2.24) is 9.97 Å². The average molecular weight is 416 g/mol. The molecule has 4 aromatic rings. The number of hydrogen-bond acceptors (Lipinski definition) is 5. The zero-order chi connectivity index (χ0) is 21.8. The third-order valence-corrected chi connectivity index (χ3v) is 5.10. The van der Waals surface area contributed by atoms with E-state index in [0.717, 1.165) is 45.4 Å². The molecular weight excluding hydrogens is 392 g/mol. The van der Waals surface area contributed by atoms with E-state index in [4.69, 9.17) is 23.9 Å². The van der Waals surface area contributed by atoms with Crippen molar-refractivity contribution in [3.63, 3.8) is 0 Å². The standard InChI is InChI=1S/C25H24N2O4/c1-28-19-10-5-16(6-11-19)23-24(17-7-12-20(29-2)13-8-17)27-25(26-23)18-9-14-21(30-3)22(15-18)31-4/h5-15H,1-4H3,(H,26,27). The van der Waals surface area contributed by atoms with Gasteiger partial charge in [0, 0.05) is 16.7 Å². The number of benzene rings is 3. The number of rotatable bonds is 7. The van der Waals surface area contributed by atoms with Gasteiger partial charge < -0.3 is 23.9 Å². The first-order valence-electron chi connectivity index (χ1n) is 9.78. The van der Waals surface area contributed by atoms with E-state index in [1.54, 1.807) is 28.4 Å². The first kappa shape index (κ1) is 20.3. The fourth-order valence-corrected chi connectivity index (χ4v) is 3.42. The Morgan fingerprint density at radius 1 is 0.581 bits per heavy atom. The van der Waals surface area contributed by atoms with Crippen LogP contribution in [0.25, 0.3) is 33.9 Å². The summed E-state index contributed by atoms with van der Waals surface area (Å²) in [5, 5.41) is 0. The highest BCUT2D eigenvalue weighted by Crippen LogP contribution is 2.36. The van der Waals surface area contributed by atoms with Crippen LogP contribution in [0.3, 0.4) is 0 Å². The summed E-state index contributed by atoms with van der Waals surface area (Å²) >= 11 is 0. The van der Waals surface area contributed by atoms with E-state index in [1.165, 1.54) is 0 Å². The van der Waals surface area contributed by atoms with E-state index in [-0.39, 0.29) is 0 Å². The maximum Gasteiger partial charge on any atom is 0.161 e. The lowest BCUT2D eigenvalue weighted by molar-refractivity contribution is 0.355. The molecule has 0 saturated carbocycles. The van der Waals surface area contributed by atoms with Crippen LogP contribution in [0, 0.1) is 0 Å². The summed E-state index contributed by atoms with van der Waals surface area (Å²) in [6.45, 7) is 0. The predicted octanol–water partition coefficient (Wildman–Crippen LogP) is 5.45. The summed E-state index contributed by atoms with van der Waals surface area (Å²) in [4.78, 5) is 8.42. The molecule has 0 aliphatic rings. The van der Waals surface area contributed by atoms with Crippen LogP contribution in [-0.2, 0) is 0 Å². The molecular formula is C25H24N2O4. The summed E-state index contributed by atoms with van der Waals surface area (Å²) in [6, 6.07) is 21.5. The summed E-state index contributed by atoms with van der Waals surface area (Å²) in [7, 11) is 6.55. The monoisotopic (exact) mass is 416 g/mol. The van der Waals surface area contributed by atoms with Crippen LogP contribution in [0.5, 0.6) is 23.0 Å². The lowest BCUT2D eigenvalue weighted by Gasteiger charge is -2.08. The zero-order valence-corrected chi connectivity index (χ0v) is 17.9. The predicted molar refractivity (Wildman–Crippen MR) is 121 cm³/mol. The summed E-state index contributed by atoms with van der Waals surface area (Å²) in [5.74, 6) is 3.65. The normalized spacial score (nSPS) is 10.6. The molecule has 0 unspecified atom stereocenters. The lowest BCUT2D eigenvalue weighted by Crippen LogP contribution is -1.91. The Morgan fingerprint density at radius 3 is 1.68 bits per heavy atom. The van der Waals surface area contributed by atoms with Gasteiger partial charge in [-0.1, -0.05) is 0 Å². The van der Waals surface area contributed by atoms with E-state index >= 15 is 0 Å². The highest BCUT2D eigenvalue weighted by Gasteiger charge is 2.17. The maximum absolute atomic E-state index is 5.46. The van der Waals surface area contributed by atoms with Gasteiger partial charge in [-0.15, -0.1) is 0 Å². The van der Waals surface area contributed by atoms with Crippen LogP contribution in [-0.4, -0.2) is 38.4 Å². The van der Waals surface area contributed by atoms with E-state index in [9.17, 15) is 0 Å². The van der Waals surface area contributed by atoms with Crippen molar-refractivity contribution >= 4 is 0 Å². The van der Waals surface area contributed by atoms with Gasteiger partial charge in [-0.25, -0.2) is 4.98 Å². The third-order valence-electron chi connectivity index (χ3n) is 5.10. The lowest BCUT2D eigenvalue weighted by atomic mass is 10.0. The van der Waals surface area contributed by atoms with Crippen LogP contribution in [0.1, 0.15) is 0 Å². The van der Waals surface area contributed by atoms with Crippen LogP contribution in [0.4, 0.5) is 0 Å². The number of methoxy groups -OCH3 is 4. The minimum absolute atomic E-state index is 0.647. The summed E-state index contributed by atoms with van der Waals surface area (Å²) in [6.07, 6.45) is 0. The highest BCUT2D eigenvalue weighted by atomic mass is 16.5. The molecule has 0 amide bonds. The summed E-state index contributed by atoms with van der Waals surface area (Å²) < 4.78 is 21.4. The number of aromatic nitrogens is 2. The van der Waals surface area contributed by atoms with Crippen LogP contribution in [0.15, 0.2) is 66.7 Å². The highest BCUT2D eigenvalue weighted by molar-refractivity contribution is 5.82. The molecule has 158 valence electrons. The molecule has 0 spiro atoms. The van der Waals surface area contributed by atoms with Gasteiger partial charge in [0.2, 0.25) is 0 Å². The van der Waals surface area contributed by atoms with E-state index in [2.05, 4.69) is 4.98 Å². The van der Waals surface area contributed by atoms with Gasteiger partial charge in [-0.05, 0) is 66.7 Å². The molecule has 6 heteroatoms. The first-order chi connectivity index (χ1) is 15.2. The average Bonchev–Trinajstić information content (AvgIpc) is 3.29. The van der Waals surface area contributed by atoms with E-state index in [1.807, 2.05) is 66.7 Å². The number of ether oxygens (including phenoxy) is 4. The second kappa shape index (κ2) is 8.83. The SMILES string of the molecule is COc1ccc(-c2nc(-c3ccc(OC)c(OC)c3)[nH]c2-c2ccc(OC)cc2)cc1. The molecule has 0 aliphatic carbocycles. The second-order valence-corrected chi connectivity index (χ2v) is 6.84. The molecule has 0 fully saturated rings. The smallest absolute Gasteiger partial charge is 0.161 e. The number of imidazole rings is 1. The van der Waals surface area contributed by atoms with Crippen molar-refractivity contribution in [2.45, 2.75) is 0 Å². The van der Waals surface area contributed by atoms with E-state index < -0.39 is 0 Å². The fraction of sp³-hybridized carbons (Fsp3) is 0.160. The van der Waals surface area contributed by atoms with Crippen LogP contribution in [0.2, 0.25) is 0 Å². The van der Waals surface area contributed by atoms with Crippen molar-refractivity contribution < 1.29 is 18.9 Å². The first-order valence-corrected chi connectivity index (χ1v) is 9.78. The van der Waals surface area contributed by atoms with Gasteiger partial charge in [0.15, 0.2) is 11.5 Å². The van der Waals surface area contributed by atoms with Gasteiger partial charge in [-0.3, -0.25) is 0 Å². The van der Waals surface area contributed by atoms with Gasteiger partial charge in [-0.2, -0.15) is 0 Å². The molecule has 0 bridgehead atoms. The molecule has 6 nitrogen and oxygen atoms in total. The number of nitrogens with zero attached hydrogens (tertiary/aromatic N) is 1. The quantitative estimate of drug-likeness (QED) is 0.434. The number of aromatic amines is 1. The van der Waals surface area contributed by atoms with Crippen LogP contribution < -0.4 is 18.9 Å². The maximum atomic E-state index is 5.46. The van der Waals surface area contributed by atoms with Gasteiger partial charge in [0.1, 0.15) is 17.3 Å². The molecule has 1 heterocycles. The molecule has 0 atom stereocenters. The molecule has 0 radical (unpaired) electrons. The minimum Gasteiger partial charge on any atom is -0.497 e. The topological polar surface area (TPSA) is 65.6 Å². The third kappa shape index (κ3) is 4.05. The van der Waals surface area contributed by atoms with Crippen molar-refractivity contribution in [2.75, 3.05) is 28.4 Å². The summed E-state index contributed by atoms with van der Waals surface area (Å²) in [5.41, 5.74) is 4.64. The molecule has 31 heavy (non-hydrogen) atoms. The Hall–Kier alpha value is -3.93. The second-order valence-electron chi connectivity index (χ2n) is 6.84. The molecule has 4 rings (SSSR count). The van der Waals surface area contributed by atoms with Gasteiger partial charge >= 0.3 is 0 Å². The van der Waals surface area contributed by atoms with Crippen molar-refractivity contribution in [3.8, 4) is 56.9 Å². The Balaban J connectivity index is 1.85. The molecule has 1 aromatic heterocycles. The van der Waals surface area contributed by atoms with Gasteiger partial charge in [0.05, 0.1) is 39.8 Å². The Morgan fingerprint density at radius 2 is 1.13 bits per heavy atom. The Kier molecular flexibility index (Phi) is 5.80. The fourth-order valence-electron chi connectivity index (χ4n) is 3.42. The number of nitrogens with one attached hydrogen (secondary N) is 1. The Bertz CT molecular complexity index is 1100. The number of hydrogen-bond donors (Lipinski definition) is 1. The zero-order valence-electron chi connectivity index (χ0n) is 17.9. The van der Waals surface area contributed by atoms with Crippen molar-refractivity contribution in [1.29, 1.82) is 0 Å². The van der Waals surface area contributed by atoms with Gasteiger partial charge in [0.25, 0.3) is 0 Å². The Labute approximate surface area is 181 Å². The van der Waals surface area contributed by atoms with E-state index in [0.29, 0.717) is 11.5 Å². The molecule has 1 N–H and O–H groups in total. The molecule has 0 saturated heterocycles.